The molecule has 2 aliphatic rings. The van der Waals surface area contributed by atoms with Crippen molar-refractivity contribution in [3.63, 3.8) is 0 Å². The van der Waals surface area contributed by atoms with E-state index in [0.29, 0.717) is 11.5 Å². The molecule has 2 aliphatic heterocycles. The van der Waals surface area contributed by atoms with E-state index in [4.69, 9.17) is 0 Å². The Morgan fingerprint density at radius 2 is 2.12 bits per heavy atom. The summed E-state index contributed by atoms with van der Waals surface area (Å²) < 4.78 is 27.8. The van der Waals surface area contributed by atoms with E-state index in [2.05, 4.69) is 15.0 Å². The number of para-hydroxylation sites is 1. The highest BCUT2D eigenvalue weighted by Crippen LogP contribution is 2.28. The van der Waals surface area contributed by atoms with Crippen molar-refractivity contribution in [3.05, 3.63) is 24.3 Å². The molecule has 0 saturated carbocycles. The average molecular weight is 251 g/mol. The summed E-state index contributed by atoms with van der Waals surface area (Å²) in [6.07, 6.45) is 1.97. The predicted molar refractivity (Wildman–Crippen MR) is 65.7 cm³/mol. The van der Waals surface area contributed by atoms with Crippen LogP contribution in [0.2, 0.25) is 0 Å². The Kier molecular flexibility index (Phi) is 2.41. The van der Waals surface area contributed by atoms with Crippen LogP contribution in [0.15, 0.2) is 33.6 Å². The van der Waals surface area contributed by atoms with Gasteiger partial charge in [0.2, 0.25) is 0 Å². The van der Waals surface area contributed by atoms with Gasteiger partial charge in [0.15, 0.2) is 0 Å². The third-order valence-corrected chi connectivity index (χ3v) is 4.39. The Balaban J connectivity index is 2.04. The third kappa shape index (κ3) is 1.83. The molecular weight excluding hydrogens is 238 g/mol. The van der Waals surface area contributed by atoms with E-state index in [1.165, 1.54) is 0 Å². The number of anilines is 1. The van der Waals surface area contributed by atoms with Gasteiger partial charge in [-0.2, -0.15) is 8.42 Å². The van der Waals surface area contributed by atoms with Crippen molar-refractivity contribution < 1.29 is 8.42 Å². The van der Waals surface area contributed by atoms with Gasteiger partial charge in [0.05, 0.1) is 11.7 Å². The van der Waals surface area contributed by atoms with Crippen molar-refractivity contribution in [3.8, 4) is 0 Å². The van der Waals surface area contributed by atoms with Crippen LogP contribution >= 0.6 is 0 Å². The molecule has 0 bridgehead atoms. The Morgan fingerprint density at radius 3 is 2.88 bits per heavy atom. The van der Waals surface area contributed by atoms with Gasteiger partial charge in [0.1, 0.15) is 10.7 Å². The maximum Gasteiger partial charge on any atom is 0.286 e. The lowest BCUT2D eigenvalue weighted by Crippen LogP contribution is -2.38. The summed E-state index contributed by atoms with van der Waals surface area (Å²) in [4.78, 5) is 0.252. The first-order chi connectivity index (χ1) is 8.17. The third-order valence-electron chi connectivity index (χ3n) is 3.04. The Bertz CT molecular complexity index is 574. The molecule has 1 atom stereocenters. The van der Waals surface area contributed by atoms with E-state index in [1.807, 2.05) is 6.07 Å². The summed E-state index contributed by atoms with van der Waals surface area (Å²) in [6.45, 7) is 0.910. The van der Waals surface area contributed by atoms with Crippen molar-refractivity contribution in [2.75, 3.05) is 11.9 Å². The number of rotatable bonds is 1. The van der Waals surface area contributed by atoms with Gasteiger partial charge in [0, 0.05) is 0 Å². The molecule has 0 amide bonds. The number of nitrogens with zero attached hydrogens (tertiary/aromatic N) is 1. The van der Waals surface area contributed by atoms with Gasteiger partial charge < -0.3 is 10.6 Å². The van der Waals surface area contributed by atoms with Crippen molar-refractivity contribution in [2.45, 2.75) is 23.8 Å². The van der Waals surface area contributed by atoms with Gasteiger partial charge in [-0.25, -0.2) is 0 Å². The lowest BCUT2D eigenvalue weighted by Gasteiger charge is -2.21. The highest BCUT2D eigenvalue weighted by molar-refractivity contribution is 7.90. The number of fused-ring (bicyclic) bond motifs is 1. The highest BCUT2D eigenvalue weighted by atomic mass is 32.2. The molecule has 0 radical (unpaired) electrons. The minimum Gasteiger partial charge on any atom is -0.341 e. The van der Waals surface area contributed by atoms with Crippen LogP contribution in [0, 0.1) is 0 Å². The second kappa shape index (κ2) is 3.82. The quantitative estimate of drug-likeness (QED) is 0.779. The zero-order valence-corrected chi connectivity index (χ0v) is 10.00. The molecule has 0 spiro atoms. The molecule has 0 aromatic heterocycles. The minimum absolute atomic E-state index is 0.0260. The molecule has 90 valence electrons. The van der Waals surface area contributed by atoms with Gasteiger partial charge in [0.25, 0.3) is 10.0 Å². The molecule has 2 N–H and O–H groups in total. The summed E-state index contributed by atoms with van der Waals surface area (Å²) in [5, 5.41) is 6.34. The molecule has 17 heavy (non-hydrogen) atoms. The average Bonchev–Trinajstić information content (AvgIpc) is 2.81. The molecule has 1 aromatic carbocycles. The van der Waals surface area contributed by atoms with E-state index in [9.17, 15) is 8.42 Å². The normalized spacial score (nSPS) is 25.9. The number of hydrogen-bond acceptors (Lipinski definition) is 4. The number of nitrogens with one attached hydrogen (secondary N) is 2. The fourth-order valence-corrected chi connectivity index (χ4v) is 3.38. The molecule has 1 saturated heterocycles. The number of benzene rings is 1. The molecule has 5 nitrogen and oxygen atoms in total. The van der Waals surface area contributed by atoms with E-state index in [1.54, 1.807) is 18.2 Å². The van der Waals surface area contributed by atoms with Crippen LogP contribution in [0.3, 0.4) is 0 Å². The van der Waals surface area contributed by atoms with E-state index in [-0.39, 0.29) is 10.9 Å². The molecular formula is C11H13N3O2S. The SMILES string of the molecule is O=S1(=O)N=C([C@H]2CCCN2)Nc2ccccc21. The zero-order chi connectivity index (χ0) is 11.9. The molecule has 1 aromatic rings. The zero-order valence-electron chi connectivity index (χ0n) is 9.18. The summed E-state index contributed by atoms with van der Waals surface area (Å²) in [5.74, 6) is 0.515. The Labute approximate surface area is 100 Å². The molecule has 0 unspecified atom stereocenters. The van der Waals surface area contributed by atoms with Crippen LogP contribution in [0.1, 0.15) is 12.8 Å². The van der Waals surface area contributed by atoms with Crippen LogP contribution in [0.4, 0.5) is 5.69 Å². The number of sulfonamides is 1. The fourth-order valence-electron chi connectivity index (χ4n) is 2.20. The lowest BCUT2D eigenvalue weighted by atomic mass is 10.2. The molecule has 6 heteroatoms. The van der Waals surface area contributed by atoms with Crippen LogP contribution in [-0.4, -0.2) is 26.8 Å². The summed E-state index contributed by atoms with van der Waals surface area (Å²) >= 11 is 0. The largest absolute Gasteiger partial charge is 0.341 e. The lowest BCUT2D eigenvalue weighted by molar-refractivity contribution is 0.597. The van der Waals surface area contributed by atoms with Gasteiger partial charge in [-0.15, -0.1) is 4.40 Å². The number of amidine groups is 1. The van der Waals surface area contributed by atoms with Crippen LogP contribution in [-0.2, 0) is 10.0 Å². The standard InChI is InChI=1S/C11H13N3O2S/c15-17(16)10-6-2-1-4-8(10)13-11(14-17)9-5-3-7-12-9/h1-2,4,6,9,12H,3,5,7H2,(H,13,14)/t9-/m1/s1. The predicted octanol–water partition coefficient (Wildman–Crippen LogP) is 0.951. The first kappa shape index (κ1) is 10.7. The van der Waals surface area contributed by atoms with Gasteiger partial charge in [-0.1, -0.05) is 12.1 Å². The monoisotopic (exact) mass is 251 g/mol. The van der Waals surface area contributed by atoms with Crippen LogP contribution in [0.5, 0.6) is 0 Å². The summed E-state index contributed by atoms with van der Waals surface area (Å²) in [5.41, 5.74) is 0.617. The van der Waals surface area contributed by atoms with E-state index >= 15 is 0 Å². The minimum atomic E-state index is -3.54. The maximum atomic E-state index is 12.0. The smallest absolute Gasteiger partial charge is 0.286 e. The Morgan fingerprint density at radius 1 is 1.29 bits per heavy atom. The molecule has 1 fully saturated rings. The Hall–Kier alpha value is -1.40. The van der Waals surface area contributed by atoms with Crippen molar-refractivity contribution in [1.29, 1.82) is 0 Å². The van der Waals surface area contributed by atoms with Crippen LogP contribution < -0.4 is 10.6 Å². The number of hydrogen-bond donors (Lipinski definition) is 2. The molecule has 0 aliphatic carbocycles. The molecule has 2 heterocycles. The second-order valence-corrected chi connectivity index (χ2v) is 5.79. The second-order valence-electron chi connectivity index (χ2n) is 4.22. The van der Waals surface area contributed by atoms with Crippen molar-refractivity contribution in [1.82, 2.24) is 5.32 Å². The topological polar surface area (TPSA) is 70.6 Å². The van der Waals surface area contributed by atoms with Gasteiger partial charge in [-0.3, -0.25) is 0 Å². The van der Waals surface area contributed by atoms with Gasteiger partial charge in [-0.05, 0) is 31.5 Å². The van der Waals surface area contributed by atoms with Crippen molar-refractivity contribution in [2.24, 2.45) is 4.40 Å². The van der Waals surface area contributed by atoms with E-state index in [0.717, 1.165) is 19.4 Å². The first-order valence-electron chi connectivity index (χ1n) is 5.61. The molecule has 3 rings (SSSR count). The van der Waals surface area contributed by atoms with E-state index < -0.39 is 10.0 Å². The maximum absolute atomic E-state index is 12.0. The fraction of sp³-hybridized carbons (Fsp3) is 0.364. The first-order valence-corrected chi connectivity index (χ1v) is 7.05. The van der Waals surface area contributed by atoms with Crippen molar-refractivity contribution >= 4 is 21.5 Å². The summed E-state index contributed by atoms with van der Waals surface area (Å²) in [6, 6.07) is 6.87. The highest BCUT2D eigenvalue weighted by Gasteiger charge is 2.29. The van der Waals surface area contributed by atoms with Gasteiger partial charge >= 0.3 is 0 Å². The summed E-state index contributed by atoms with van der Waals surface area (Å²) in [7, 11) is -3.54. The van der Waals surface area contributed by atoms with Crippen LogP contribution in [0.25, 0.3) is 0 Å².